The Balaban J connectivity index is 1.56. The second kappa shape index (κ2) is 7.37. The summed E-state index contributed by atoms with van der Waals surface area (Å²) in [6, 6.07) is 11.4. The number of aliphatic carboxylic acids is 1. The van der Waals surface area contributed by atoms with Crippen molar-refractivity contribution in [3.8, 4) is 0 Å². The van der Waals surface area contributed by atoms with E-state index in [2.05, 4.69) is 5.32 Å². The van der Waals surface area contributed by atoms with Crippen molar-refractivity contribution in [2.24, 2.45) is 17.6 Å². The topological polar surface area (TPSA) is 119 Å². The summed E-state index contributed by atoms with van der Waals surface area (Å²) in [7, 11) is 0. The van der Waals surface area contributed by atoms with Crippen LogP contribution in [0.25, 0.3) is 0 Å². The molecule has 8 heteroatoms. The lowest BCUT2D eigenvalue weighted by Crippen LogP contribution is -2.41. The Bertz CT molecular complexity index is 926. The van der Waals surface area contributed by atoms with Gasteiger partial charge in [-0.1, -0.05) is 30.3 Å². The number of carbonyl (C=O) groups excluding carboxylic acids is 2. The Morgan fingerprint density at radius 2 is 1.82 bits per heavy atom. The Kier molecular flexibility index (Phi) is 4.91. The molecule has 2 bridgehead atoms. The number of anilines is 1. The number of carboxylic acid groups (broad SMARTS) is 1. The molecule has 0 radical (unpaired) electrons. The molecular formula is C20H20N2O5S. The summed E-state index contributed by atoms with van der Waals surface area (Å²) in [5, 5.41) is 12.6. The molecule has 2 amide bonds. The molecule has 4 N–H and O–H groups in total. The summed E-state index contributed by atoms with van der Waals surface area (Å²) in [4.78, 5) is 37.2. The van der Waals surface area contributed by atoms with Crippen LogP contribution in [0.4, 0.5) is 5.00 Å². The van der Waals surface area contributed by atoms with E-state index >= 15 is 0 Å². The highest BCUT2D eigenvalue weighted by Gasteiger charge is 2.55. The number of rotatable bonds is 6. The van der Waals surface area contributed by atoms with Crippen LogP contribution < -0.4 is 11.1 Å². The van der Waals surface area contributed by atoms with Crippen LogP contribution in [-0.2, 0) is 20.7 Å². The van der Waals surface area contributed by atoms with Gasteiger partial charge in [-0.05, 0) is 24.5 Å². The SMILES string of the molecule is NC(=O)c1cc(Cc2ccccc2)sc1NC(=O)[C@H]1[C@@H](C(=O)O)[C@H]2CC[C@H]1O2. The van der Waals surface area contributed by atoms with Crippen molar-refractivity contribution >= 4 is 34.1 Å². The average molecular weight is 400 g/mol. The zero-order valence-corrected chi connectivity index (χ0v) is 15.8. The first-order valence-corrected chi connectivity index (χ1v) is 9.91. The summed E-state index contributed by atoms with van der Waals surface area (Å²) >= 11 is 1.28. The van der Waals surface area contributed by atoms with E-state index in [1.54, 1.807) is 6.07 Å². The number of carbonyl (C=O) groups is 3. The summed E-state index contributed by atoms with van der Waals surface area (Å²) < 4.78 is 5.65. The van der Waals surface area contributed by atoms with Gasteiger partial charge in [-0.2, -0.15) is 0 Å². The first-order valence-electron chi connectivity index (χ1n) is 9.09. The molecule has 0 unspecified atom stereocenters. The fraction of sp³-hybridized carbons (Fsp3) is 0.350. The maximum Gasteiger partial charge on any atom is 0.310 e. The molecule has 1 aromatic carbocycles. The number of carboxylic acids is 1. The lowest BCUT2D eigenvalue weighted by atomic mass is 9.79. The third kappa shape index (κ3) is 3.41. The molecule has 4 rings (SSSR count). The molecule has 7 nitrogen and oxygen atoms in total. The van der Waals surface area contributed by atoms with E-state index in [4.69, 9.17) is 10.5 Å². The van der Waals surface area contributed by atoms with Crippen molar-refractivity contribution in [3.63, 3.8) is 0 Å². The molecule has 0 aliphatic carbocycles. The molecule has 4 atom stereocenters. The second-order valence-electron chi connectivity index (χ2n) is 7.15. The van der Waals surface area contributed by atoms with Gasteiger partial charge in [0.25, 0.3) is 5.91 Å². The van der Waals surface area contributed by atoms with Gasteiger partial charge in [0.05, 0.1) is 29.6 Å². The highest BCUT2D eigenvalue weighted by Crippen LogP contribution is 2.44. The molecule has 0 saturated carbocycles. The van der Waals surface area contributed by atoms with Crippen LogP contribution >= 0.6 is 11.3 Å². The molecule has 2 aliphatic heterocycles. The fourth-order valence-corrected chi connectivity index (χ4v) is 5.22. The number of hydrogen-bond donors (Lipinski definition) is 3. The van der Waals surface area contributed by atoms with Crippen LogP contribution in [-0.4, -0.2) is 35.1 Å². The van der Waals surface area contributed by atoms with E-state index in [1.807, 2.05) is 30.3 Å². The van der Waals surface area contributed by atoms with Crippen LogP contribution in [0.2, 0.25) is 0 Å². The summed E-state index contributed by atoms with van der Waals surface area (Å²) in [5.74, 6) is -3.73. The summed E-state index contributed by atoms with van der Waals surface area (Å²) in [6.07, 6.45) is 1.10. The Morgan fingerprint density at radius 3 is 2.46 bits per heavy atom. The zero-order chi connectivity index (χ0) is 19.8. The number of nitrogens with two attached hydrogens (primary N) is 1. The average Bonchev–Trinajstić information content (AvgIpc) is 3.36. The predicted molar refractivity (Wildman–Crippen MR) is 103 cm³/mol. The van der Waals surface area contributed by atoms with Gasteiger partial charge >= 0.3 is 5.97 Å². The number of fused-ring (bicyclic) bond motifs is 2. The molecular weight excluding hydrogens is 380 g/mol. The Labute approximate surface area is 165 Å². The highest BCUT2D eigenvalue weighted by molar-refractivity contribution is 7.16. The largest absolute Gasteiger partial charge is 0.481 e. The van der Waals surface area contributed by atoms with Crippen molar-refractivity contribution < 1.29 is 24.2 Å². The standard InChI is InChI=1S/C20H20N2O5S/c21-17(23)12-9-11(8-10-4-2-1-3-5-10)28-19(12)22-18(24)15-13-6-7-14(27-13)16(15)20(25)26/h1-5,9,13-16H,6-8H2,(H2,21,23)(H,22,24)(H,25,26)/t13-,14-,15-,16+/m1/s1. The summed E-state index contributed by atoms with van der Waals surface area (Å²) in [6.45, 7) is 0. The van der Waals surface area contributed by atoms with Crippen LogP contribution in [0.5, 0.6) is 0 Å². The first-order chi connectivity index (χ1) is 13.4. The van der Waals surface area contributed by atoms with Crippen LogP contribution in [0, 0.1) is 11.8 Å². The maximum absolute atomic E-state index is 12.9. The predicted octanol–water partition coefficient (Wildman–Crippen LogP) is 2.25. The molecule has 2 saturated heterocycles. The number of nitrogens with one attached hydrogen (secondary N) is 1. The lowest BCUT2D eigenvalue weighted by molar-refractivity contribution is -0.147. The number of thiophene rings is 1. The minimum absolute atomic E-state index is 0.236. The van der Waals surface area contributed by atoms with Crippen LogP contribution in [0.15, 0.2) is 36.4 Å². The molecule has 146 valence electrons. The van der Waals surface area contributed by atoms with Crippen molar-refractivity contribution in [3.05, 3.63) is 52.4 Å². The lowest BCUT2D eigenvalue weighted by Gasteiger charge is -2.23. The van der Waals surface area contributed by atoms with Crippen molar-refractivity contribution in [1.29, 1.82) is 0 Å². The van der Waals surface area contributed by atoms with E-state index < -0.39 is 41.8 Å². The van der Waals surface area contributed by atoms with Gasteiger partial charge in [-0.25, -0.2) is 0 Å². The van der Waals surface area contributed by atoms with Gasteiger partial charge in [0.15, 0.2) is 0 Å². The van der Waals surface area contributed by atoms with Crippen LogP contribution in [0.3, 0.4) is 0 Å². The maximum atomic E-state index is 12.9. The van der Waals surface area contributed by atoms with Crippen molar-refractivity contribution in [2.45, 2.75) is 31.5 Å². The molecule has 2 aliphatic rings. The molecule has 2 fully saturated rings. The van der Waals surface area contributed by atoms with Gasteiger partial charge in [0.1, 0.15) is 5.00 Å². The molecule has 3 heterocycles. The van der Waals surface area contributed by atoms with Crippen molar-refractivity contribution in [2.75, 3.05) is 5.32 Å². The quantitative estimate of drug-likeness (QED) is 0.687. The van der Waals surface area contributed by atoms with Gasteiger partial charge in [0.2, 0.25) is 5.91 Å². The van der Waals surface area contributed by atoms with Gasteiger partial charge < -0.3 is 20.9 Å². The first kappa shape index (κ1) is 18.6. The monoisotopic (exact) mass is 400 g/mol. The molecule has 2 aromatic rings. The number of ether oxygens (including phenoxy) is 1. The smallest absolute Gasteiger partial charge is 0.310 e. The molecule has 1 aromatic heterocycles. The van der Waals surface area contributed by atoms with E-state index in [-0.39, 0.29) is 5.56 Å². The number of benzene rings is 1. The highest BCUT2D eigenvalue weighted by atomic mass is 32.1. The minimum atomic E-state index is -1.03. The summed E-state index contributed by atoms with van der Waals surface area (Å²) in [5.41, 5.74) is 6.79. The van der Waals surface area contributed by atoms with Gasteiger partial charge in [-0.15, -0.1) is 11.3 Å². The normalized spacial score (nSPS) is 25.6. The second-order valence-corrected chi connectivity index (χ2v) is 8.29. The van der Waals surface area contributed by atoms with Crippen LogP contribution in [0.1, 0.15) is 33.6 Å². The number of primary amides is 1. The zero-order valence-electron chi connectivity index (χ0n) is 15.0. The Morgan fingerprint density at radius 1 is 1.14 bits per heavy atom. The molecule has 0 spiro atoms. The van der Waals surface area contributed by atoms with E-state index in [1.165, 1.54) is 11.3 Å². The fourth-order valence-electron chi connectivity index (χ4n) is 4.12. The van der Waals surface area contributed by atoms with Gasteiger partial charge in [0, 0.05) is 11.3 Å². The van der Waals surface area contributed by atoms with Gasteiger partial charge in [-0.3, -0.25) is 14.4 Å². The third-order valence-corrected chi connectivity index (χ3v) is 6.42. The van der Waals surface area contributed by atoms with E-state index in [9.17, 15) is 19.5 Å². The number of hydrogen-bond acceptors (Lipinski definition) is 5. The third-order valence-electron chi connectivity index (χ3n) is 5.37. The van der Waals surface area contributed by atoms with E-state index in [0.29, 0.717) is 24.3 Å². The Hall–Kier alpha value is -2.71. The van der Waals surface area contributed by atoms with E-state index in [0.717, 1.165) is 10.4 Å². The molecule has 28 heavy (non-hydrogen) atoms. The van der Waals surface area contributed by atoms with Crippen molar-refractivity contribution in [1.82, 2.24) is 0 Å². The minimum Gasteiger partial charge on any atom is -0.481 e. The number of amides is 2.